The first-order chi connectivity index (χ1) is 11.0. The summed E-state index contributed by atoms with van der Waals surface area (Å²) in [4.78, 5) is 23.3. The zero-order valence-electron chi connectivity index (χ0n) is 13.9. The smallest absolute Gasteiger partial charge is 0.409 e. The number of carbonyl (C=O) groups excluding carboxylic acids is 2. The molecule has 2 amide bonds. The van der Waals surface area contributed by atoms with E-state index in [9.17, 15) is 9.59 Å². The second-order valence-corrected chi connectivity index (χ2v) is 4.90. The standard InChI is InChI=1S/C16H24N2O5/c1-5-21-15(19)17-14(18-16(20)22-6-2)12-7-9-13(10-8-12)23-11(3)4/h7-11,14H,5-6H2,1-4H3,(H,17,19)(H,18,20). The van der Waals surface area contributed by atoms with Gasteiger partial charge in [-0.25, -0.2) is 9.59 Å². The summed E-state index contributed by atoms with van der Waals surface area (Å²) in [5.41, 5.74) is 0.669. The Hall–Kier alpha value is -2.44. The van der Waals surface area contributed by atoms with E-state index in [4.69, 9.17) is 14.2 Å². The Bertz CT molecular complexity index is 482. The van der Waals surface area contributed by atoms with E-state index in [0.29, 0.717) is 11.3 Å². The highest BCUT2D eigenvalue weighted by Crippen LogP contribution is 2.18. The third-order valence-corrected chi connectivity index (χ3v) is 2.66. The molecule has 0 saturated heterocycles. The van der Waals surface area contributed by atoms with Gasteiger partial charge in [0, 0.05) is 0 Å². The highest BCUT2D eigenvalue weighted by molar-refractivity contribution is 5.71. The Morgan fingerprint density at radius 2 is 1.43 bits per heavy atom. The molecule has 0 radical (unpaired) electrons. The van der Waals surface area contributed by atoms with E-state index in [1.165, 1.54) is 0 Å². The van der Waals surface area contributed by atoms with E-state index in [-0.39, 0.29) is 19.3 Å². The molecule has 0 bridgehead atoms. The first kappa shape index (κ1) is 18.6. The molecule has 0 fully saturated rings. The summed E-state index contributed by atoms with van der Waals surface area (Å²) in [5.74, 6) is 0.703. The van der Waals surface area contributed by atoms with Gasteiger partial charge in [-0.05, 0) is 45.4 Å². The predicted octanol–water partition coefficient (Wildman–Crippen LogP) is 2.96. The summed E-state index contributed by atoms with van der Waals surface area (Å²) in [5, 5.41) is 5.14. The zero-order chi connectivity index (χ0) is 17.2. The van der Waals surface area contributed by atoms with Crippen LogP contribution in [-0.2, 0) is 9.47 Å². The van der Waals surface area contributed by atoms with Crippen molar-refractivity contribution in [1.29, 1.82) is 0 Å². The summed E-state index contributed by atoms with van der Waals surface area (Å²) in [6.07, 6.45) is -1.96. The van der Waals surface area contributed by atoms with Gasteiger partial charge in [0.25, 0.3) is 0 Å². The third-order valence-electron chi connectivity index (χ3n) is 2.66. The van der Waals surface area contributed by atoms with Gasteiger partial charge in [-0.1, -0.05) is 12.1 Å². The molecule has 1 aromatic carbocycles. The van der Waals surface area contributed by atoms with Crippen LogP contribution in [0.5, 0.6) is 5.75 Å². The number of rotatable bonds is 7. The van der Waals surface area contributed by atoms with Crippen molar-refractivity contribution in [3.8, 4) is 5.75 Å². The van der Waals surface area contributed by atoms with Crippen LogP contribution in [0.1, 0.15) is 39.4 Å². The van der Waals surface area contributed by atoms with Gasteiger partial charge in [0.1, 0.15) is 11.9 Å². The minimum Gasteiger partial charge on any atom is -0.491 e. The summed E-state index contributed by atoms with van der Waals surface area (Å²) in [7, 11) is 0. The molecule has 1 aromatic rings. The average Bonchev–Trinajstić information content (AvgIpc) is 2.47. The molecule has 0 spiro atoms. The fraction of sp³-hybridized carbons (Fsp3) is 0.500. The maximum Gasteiger partial charge on any atom is 0.409 e. The third kappa shape index (κ3) is 6.90. The minimum atomic E-state index is -0.763. The van der Waals surface area contributed by atoms with Crippen LogP contribution in [0.25, 0.3) is 0 Å². The van der Waals surface area contributed by atoms with Gasteiger partial charge in [0.2, 0.25) is 0 Å². The maximum atomic E-state index is 11.6. The number of hydrogen-bond donors (Lipinski definition) is 2. The summed E-state index contributed by atoms with van der Waals surface area (Å²) in [6, 6.07) is 7.03. The molecule has 0 aliphatic heterocycles. The Balaban J connectivity index is 2.84. The number of amides is 2. The van der Waals surface area contributed by atoms with Crippen molar-refractivity contribution >= 4 is 12.2 Å². The van der Waals surface area contributed by atoms with Gasteiger partial charge in [0.15, 0.2) is 0 Å². The van der Waals surface area contributed by atoms with Crippen LogP contribution in [0, 0.1) is 0 Å². The highest BCUT2D eigenvalue weighted by atomic mass is 16.6. The molecule has 0 heterocycles. The van der Waals surface area contributed by atoms with Gasteiger partial charge in [0.05, 0.1) is 19.3 Å². The molecule has 0 unspecified atom stereocenters. The number of alkyl carbamates (subject to hydrolysis) is 2. The molecule has 1 rings (SSSR count). The number of carbonyl (C=O) groups is 2. The monoisotopic (exact) mass is 324 g/mol. The molecule has 0 aromatic heterocycles. The number of benzene rings is 1. The minimum absolute atomic E-state index is 0.0620. The predicted molar refractivity (Wildman–Crippen MR) is 85.3 cm³/mol. The van der Waals surface area contributed by atoms with E-state index in [0.717, 1.165) is 0 Å². The molecular formula is C16H24N2O5. The van der Waals surface area contributed by atoms with E-state index in [2.05, 4.69) is 10.6 Å². The van der Waals surface area contributed by atoms with E-state index in [1.807, 2.05) is 13.8 Å². The maximum absolute atomic E-state index is 11.6. The lowest BCUT2D eigenvalue weighted by atomic mass is 10.1. The molecule has 2 N–H and O–H groups in total. The van der Waals surface area contributed by atoms with Crippen molar-refractivity contribution in [2.24, 2.45) is 0 Å². The molecule has 0 aliphatic rings. The largest absolute Gasteiger partial charge is 0.491 e. The van der Waals surface area contributed by atoms with Crippen LogP contribution in [0.15, 0.2) is 24.3 Å². The zero-order valence-corrected chi connectivity index (χ0v) is 13.9. The lowest BCUT2D eigenvalue weighted by Crippen LogP contribution is -2.41. The molecule has 7 nitrogen and oxygen atoms in total. The quantitative estimate of drug-likeness (QED) is 0.753. The molecule has 0 saturated carbocycles. The first-order valence-corrected chi connectivity index (χ1v) is 7.59. The average molecular weight is 324 g/mol. The number of hydrogen-bond acceptors (Lipinski definition) is 5. The van der Waals surface area contributed by atoms with Crippen LogP contribution in [-0.4, -0.2) is 31.5 Å². The van der Waals surface area contributed by atoms with Crippen molar-refractivity contribution in [3.63, 3.8) is 0 Å². The lowest BCUT2D eigenvalue weighted by Gasteiger charge is -2.20. The van der Waals surface area contributed by atoms with Crippen molar-refractivity contribution < 1.29 is 23.8 Å². The molecule has 128 valence electrons. The Kier molecular flexibility index (Phi) is 7.73. The SMILES string of the molecule is CCOC(=O)NC(NC(=O)OCC)c1ccc(OC(C)C)cc1. The van der Waals surface area contributed by atoms with Crippen LogP contribution >= 0.6 is 0 Å². The highest BCUT2D eigenvalue weighted by Gasteiger charge is 2.18. The van der Waals surface area contributed by atoms with Gasteiger partial charge >= 0.3 is 12.2 Å². The van der Waals surface area contributed by atoms with Crippen LogP contribution in [0.4, 0.5) is 9.59 Å². The number of nitrogens with one attached hydrogen (secondary N) is 2. The van der Waals surface area contributed by atoms with Gasteiger partial charge < -0.3 is 14.2 Å². The van der Waals surface area contributed by atoms with Crippen molar-refractivity contribution in [1.82, 2.24) is 10.6 Å². The van der Waals surface area contributed by atoms with E-state index < -0.39 is 18.4 Å². The summed E-state index contributed by atoms with van der Waals surface area (Å²) < 4.78 is 15.3. The number of ether oxygens (including phenoxy) is 3. The van der Waals surface area contributed by atoms with Crippen LogP contribution in [0.2, 0.25) is 0 Å². The fourth-order valence-corrected chi connectivity index (χ4v) is 1.79. The van der Waals surface area contributed by atoms with E-state index >= 15 is 0 Å². The first-order valence-electron chi connectivity index (χ1n) is 7.59. The van der Waals surface area contributed by atoms with Gasteiger partial charge in [-0.2, -0.15) is 0 Å². The Morgan fingerprint density at radius 3 is 1.83 bits per heavy atom. The van der Waals surface area contributed by atoms with E-state index in [1.54, 1.807) is 38.1 Å². The Labute approximate surface area is 136 Å². The van der Waals surface area contributed by atoms with Crippen molar-refractivity contribution in [2.45, 2.75) is 40.0 Å². The lowest BCUT2D eigenvalue weighted by molar-refractivity contribution is 0.135. The molecular weight excluding hydrogens is 300 g/mol. The normalized spacial score (nSPS) is 10.3. The van der Waals surface area contributed by atoms with Crippen molar-refractivity contribution in [3.05, 3.63) is 29.8 Å². The summed E-state index contributed by atoms with van der Waals surface area (Å²) >= 11 is 0. The van der Waals surface area contributed by atoms with Crippen LogP contribution in [0.3, 0.4) is 0 Å². The second-order valence-electron chi connectivity index (χ2n) is 4.90. The van der Waals surface area contributed by atoms with Crippen LogP contribution < -0.4 is 15.4 Å². The summed E-state index contributed by atoms with van der Waals surface area (Å²) in [6.45, 7) is 7.73. The molecule has 0 aliphatic carbocycles. The second kappa shape index (κ2) is 9.55. The molecule has 7 heteroatoms. The van der Waals surface area contributed by atoms with Gasteiger partial charge in [-0.15, -0.1) is 0 Å². The molecule has 23 heavy (non-hydrogen) atoms. The van der Waals surface area contributed by atoms with Gasteiger partial charge in [-0.3, -0.25) is 10.6 Å². The Morgan fingerprint density at radius 1 is 0.957 bits per heavy atom. The topological polar surface area (TPSA) is 85.9 Å². The van der Waals surface area contributed by atoms with Crippen molar-refractivity contribution in [2.75, 3.05) is 13.2 Å². The fourth-order valence-electron chi connectivity index (χ4n) is 1.79. The molecule has 0 atom stereocenters.